The zero-order valence-corrected chi connectivity index (χ0v) is 11.9. The Hall–Kier alpha value is -2.22. The van der Waals surface area contributed by atoms with E-state index in [1.807, 2.05) is 6.92 Å². The maximum atomic E-state index is 13.7. The van der Waals surface area contributed by atoms with Crippen molar-refractivity contribution in [1.82, 2.24) is 5.32 Å². The summed E-state index contributed by atoms with van der Waals surface area (Å²) in [4.78, 5) is 22.1. The molecule has 21 heavy (non-hydrogen) atoms. The predicted molar refractivity (Wildman–Crippen MR) is 76.0 cm³/mol. The summed E-state index contributed by atoms with van der Waals surface area (Å²) in [6.07, 6.45) is 0. The number of hydrogen-bond donors (Lipinski definition) is 2. The van der Waals surface area contributed by atoms with E-state index in [0.29, 0.717) is 19.8 Å². The number of nitrogens with one attached hydrogen (secondary N) is 2. The average Bonchev–Trinajstić information content (AvgIpc) is 2.45. The van der Waals surface area contributed by atoms with Crippen LogP contribution in [0.25, 0.3) is 0 Å². The predicted octanol–water partition coefficient (Wildman–Crippen LogP) is 1.93. The van der Waals surface area contributed by atoms with Crippen molar-refractivity contribution in [1.29, 1.82) is 0 Å². The molecule has 0 radical (unpaired) electrons. The number of rotatable bonds is 8. The fourth-order valence-corrected chi connectivity index (χ4v) is 1.70. The summed E-state index contributed by atoms with van der Waals surface area (Å²) in [6, 6.07) is 1.89. The summed E-state index contributed by atoms with van der Waals surface area (Å²) in [5, 5.41) is 16.1. The van der Waals surface area contributed by atoms with Crippen LogP contribution in [0.1, 0.15) is 24.2 Å². The summed E-state index contributed by atoms with van der Waals surface area (Å²) in [5.74, 6) is -1.41. The molecule has 1 aromatic rings. The maximum Gasteiger partial charge on any atom is 0.285 e. The number of anilines is 1. The Labute approximate surface area is 121 Å². The molecule has 1 rings (SSSR count). The minimum Gasteiger partial charge on any atom is -0.383 e. The highest BCUT2D eigenvalue weighted by molar-refractivity contribution is 5.99. The van der Waals surface area contributed by atoms with Crippen molar-refractivity contribution in [3.8, 4) is 0 Å². The van der Waals surface area contributed by atoms with E-state index in [1.165, 1.54) is 0 Å². The largest absolute Gasteiger partial charge is 0.383 e. The van der Waals surface area contributed by atoms with Crippen molar-refractivity contribution >= 4 is 17.3 Å². The molecule has 0 heterocycles. The molecule has 0 saturated carbocycles. The van der Waals surface area contributed by atoms with E-state index in [2.05, 4.69) is 10.6 Å². The van der Waals surface area contributed by atoms with Gasteiger partial charge in [-0.15, -0.1) is 0 Å². The number of carbonyl (C=O) groups excluding carboxylic acids is 1. The van der Waals surface area contributed by atoms with Gasteiger partial charge >= 0.3 is 0 Å². The lowest BCUT2D eigenvalue weighted by atomic mass is 10.1. The molecule has 2 N–H and O–H groups in total. The van der Waals surface area contributed by atoms with Gasteiger partial charge in [0.25, 0.3) is 11.6 Å². The fourth-order valence-electron chi connectivity index (χ4n) is 1.70. The number of benzene rings is 1. The van der Waals surface area contributed by atoms with Crippen molar-refractivity contribution in [2.75, 3.05) is 31.6 Å². The Morgan fingerprint density at radius 1 is 1.43 bits per heavy atom. The highest BCUT2D eigenvalue weighted by Gasteiger charge is 2.23. The first-order valence-electron chi connectivity index (χ1n) is 6.59. The van der Waals surface area contributed by atoms with Crippen LogP contribution in [-0.2, 0) is 4.74 Å². The molecule has 0 aromatic heterocycles. The molecule has 116 valence electrons. The number of amides is 1. The summed E-state index contributed by atoms with van der Waals surface area (Å²) in [5.41, 5.74) is -0.699. The minimum absolute atomic E-state index is 0.0538. The zero-order valence-electron chi connectivity index (χ0n) is 11.9. The van der Waals surface area contributed by atoms with Crippen LogP contribution in [0.4, 0.5) is 15.8 Å². The van der Waals surface area contributed by atoms with Crippen molar-refractivity contribution in [3.63, 3.8) is 0 Å². The van der Waals surface area contributed by atoms with Crippen LogP contribution in [0.2, 0.25) is 0 Å². The van der Waals surface area contributed by atoms with Gasteiger partial charge in [0.2, 0.25) is 0 Å². The second-order valence-corrected chi connectivity index (χ2v) is 4.09. The van der Waals surface area contributed by atoms with Gasteiger partial charge in [-0.3, -0.25) is 14.9 Å². The van der Waals surface area contributed by atoms with E-state index in [4.69, 9.17) is 4.74 Å². The molecule has 8 heteroatoms. The quantitative estimate of drug-likeness (QED) is 0.434. The molecule has 0 aliphatic heterocycles. The summed E-state index contributed by atoms with van der Waals surface area (Å²) in [7, 11) is 0. The molecule has 0 fully saturated rings. The molecule has 0 aliphatic rings. The van der Waals surface area contributed by atoms with Crippen molar-refractivity contribution in [3.05, 3.63) is 33.6 Å². The standard InChI is InChI=1S/C13H18FN3O4/c1-3-15-11-7-9(12(17(19)20)8-10(11)14)13(18)16-5-6-21-4-2/h7-8,15H,3-6H2,1-2H3,(H,16,18). The summed E-state index contributed by atoms with van der Waals surface area (Å²) in [6.45, 7) is 5.03. The van der Waals surface area contributed by atoms with Crippen LogP contribution in [0.5, 0.6) is 0 Å². The number of carbonyl (C=O) groups is 1. The van der Waals surface area contributed by atoms with Crippen molar-refractivity contribution < 1.29 is 18.8 Å². The van der Waals surface area contributed by atoms with Crippen LogP contribution >= 0.6 is 0 Å². The second-order valence-electron chi connectivity index (χ2n) is 4.09. The Morgan fingerprint density at radius 3 is 2.71 bits per heavy atom. The van der Waals surface area contributed by atoms with Crippen LogP contribution < -0.4 is 10.6 Å². The van der Waals surface area contributed by atoms with Gasteiger partial charge in [-0.25, -0.2) is 4.39 Å². The Balaban J connectivity index is 2.98. The third kappa shape index (κ3) is 4.67. The average molecular weight is 299 g/mol. The van der Waals surface area contributed by atoms with Crippen LogP contribution in [-0.4, -0.2) is 37.1 Å². The van der Waals surface area contributed by atoms with Crippen molar-refractivity contribution in [2.45, 2.75) is 13.8 Å². The van der Waals surface area contributed by atoms with Gasteiger partial charge in [-0.1, -0.05) is 0 Å². The third-order valence-corrected chi connectivity index (χ3v) is 2.63. The molecule has 0 saturated heterocycles. The van der Waals surface area contributed by atoms with Crippen molar-refractivity contribution in [2.24, 2.45) is 0 Å². The first-order chi connectivity index (χ1) is 10.0. The summed E-state index contributed by atoms with van der Waals surface area (Å²) >= 11 is 0. The first-order valence-corrected chi connectivity index (χ1v) is 6.59. The zero-order chi connectivity index (χ0) is 15.8. The van der Waals surface area contributed by atoms with Crippen LogP contribution in [0.3, 0.4) is 0 Å². The van der Waals surface area contributed by atoms with E-state index in [-0.39, 0.29) is 17.8 Å². The monoisotopic (exact) mass is 299 g/mol. The van der Waals surface area contributed by atoms with Gasteiger partial charge in [0.1, 0.15) is 5.56 Å². The number of hydrogen-bond acceptors (Lipinski definition) is 5. The molecule has 0 bridgehead atoms. The van der Waals surface area contributed by atoms with Gasteiger partial charge in [-0.05, 0) is 19.9 Å². The summed E-state index contributed by atoms with van der Waals surface area (Å²) < 4.78 is 18.7. The molecule has 0 unspecified atom stereocenters. The number of nitro benzene ring substituents is 1. The van der Waals surface area contributed by atoms with Crippen LogP contribution in [0.15, 0.2) is 12.1 Å². The highest BCUT2D eigenvalue weighted by Crippen LogP contribution is 2.26. The molecule has 0 aliphatic carbocycles. The Morgan fingerprint density at radius 2 is 2.14 bits per heavy atom. The minimum atomic E-state index is -0.781. The van der Waals surface area contributed by atoms with Gasteiger partial charge in [0.05, 0.1) is 23.3 Å². The fraction of sp³-hybridized carbons (Fsp3) is 0.462. The molecular formula is C13H18FN3O4. The molecular weight excluding hydrogens is 281 g/mol. The molecule has 0 atom stereocenters. The SMILES string of the molecule is CCNc1cc(C(=O)NCCOCC)c([N+](=O)[O-])cc1F. The number of nitro groups is 1. The molecule has 7 nitrogen and oxygen atoms in total. The Bertz CT molecular complexity index is 522. The van der Waals surface area contributed by atoms with Crippen LogP contribution in [0, 0.1) is 15.9 Å². The van der Waals surface area contributed by atoms with Gasteiger partial charge in [-0.2, -0.15) is 0 Å². The van der Waals surface area contributed by atoms with E-state index in [1.54, 1.807) is 6.92 Å². The van der Waals surface area contributed by atoms with Gasteiger partial charge in [0, 0.05) is 19.7 Å². The van der Waals surface area contributed by atoms with E-state index in [9.17, 15) is 19.3 Å². The smallest absolute Gasteiger partial charge is 0.285 e. The second kappa shape index (κ2) is 8.15. The number of nitrogens with zero attached hydrogens (tertiary/aromatic N) is 1. The maximum absolute atomic E-state index is 13.7. The highest BCUT2D eigenvalue weighted by atomic mass is 19.1. The molecule has 1 amide bonds. The lowest BCUT2D eigenvalue weighted by Gasteiger charge is -2.09. The van der Waals surface area contributed by atoms with E-state index in [0.717, 1.165) is 12.1 Å². The molecule has 1 aromatic carbocycles. The van der Waals surface area contributed by atoms with E-state index < -0.39 is 22.3 Å². The normalized spacial score (nSPS) is 10.2. The first kappa shape index (κ1) is 16.8. The topological polar surface area (TPSA) is 93.5 Å². The van der Waals surface area contributed by atoms with E-state index >= 15 is 0 Å². The third-order valence-electron chi connectivity index (χ3n) is 2.63. The van der Waals surface area contributed by atoms with Gasteiger partial charge < -0.3 is 15.4 Å². The molecule has 0 spiro atoms. The van der Waals surface area contributed by atoms with Gasteiger partial charge in [0.15, 0.2) is 5.82 Å². The lowest BCUT2D eigenvalue weighted by molar-refractivity contribution is -0.385. The lowest BCUT2D eigenvalue weighted by Crippen LogP contribution is -2.28. The number of halogens is 1. The Kier molecular flexibility index (Phi) is 6.54. The number of ether oxygens (including phenoxy) is 1.